The van der Waals surface area contributed by atoms with Crippen LogP contribution in [-0.2, 0) is 9.59 Å². The zero-order chi connectivity index (χ0) is 18.0. The van der Waals surface area contributed by atoms with Crippen molar-refractivity contribution in [1.82, 2.24) is 5.32 Å². The Morgan fingerprint density at radius 1 is 0.880 bits per heavy atom. The van der Waals surface area contributed by atoms with Crippen LogP contribution < -0.4 is 5.32 Å². The summed E-state index contributed by atoms with van der Waals surface area (Å²) in [6.07, 6.45) is 0.994. The van der Waals surface area contributed by atoms with Gasteiger partial charge < -0.3 is 10.4 Å². The molecule has 0 spiro atoms. The van der Waals surface area contributed by atoms with Crippen LogP contribution in [0, 0.1) is 23.5 Å². The molecule has 1 amide bonds. The average Bonchev–Trinajstić information content (AvgIpc) is 2.53. The number of rotatable bonds is 5. The monoisotopic (exact) mass is 345 g/mol. The van der Waals surface area contributed by atoms with E-state index in [1.54, 1.807) is 24.3 Å². The zero-order valence-electron chi connectivity index (χ0n) is 13.3. The van der Waals surface area contributed by atoms with Crippen molar-refractivity contribution in [2.24, 2.45) is 11.8 Å². The lowest BCUT2D eigenvalue weighted by molar-refractivity contribution is -0.152. The van der Waals surface area contributed by atoms with E-state index in [4.69, 9.17) is 5.11 Å². The highest BCUT2D eigenvalue weighted by Crippen LogP contribution is 2.35. The van der Waals surface area contributed by atoms with E-state index in [1.807, 2.05) is 0 Å². The largest absolute Gasteiger partial charge is 0.481 e. The predicted octanol–water partition coefficient (Wildman–Crippen LogP) is 3.28. The summed E-state index contributed by atoms with van der Waals surface area (Å²) in [5.74, 6) is -3.41. The Morgan fingerprint density at radius 3 is 1.68 bits per heavy atom. The van der Waals surface area contributed by atoms with Crippen LogP contribution >= 0.6 is 0 Å². The molecule has 0 saturated heterocycles. The summed E-state index contributed by atoms with van der Waals surface area (Å²) in [6.45, 7) is 0. The van der Waals surface area contributed by atoms with Gasteiger partial charge in [0, 0.05) is 0 Å². The van der Waals surface area contributed by atoms with Gasteiger partial charge in [-0.15, -0.1) is 0 Å². The maximum Gasteiger partial charge on any atom is 0.307 e. The van der Waals surface area contributed by atoms with Crippen molar-refractivity contribution in [3.63, 3.8) is 0 Å². The number of amides is 1. The molecule has 4 nitrogen and oxygen atoms in total. The number of carbonyl (C=O) groups excluding carboxylic acids is 1. The third-order valence-electron chi connectivity index (χ3n) is 4.62. The number of hydrogen-bond donors (Lipinski definition) is 2. The summed E-state index contributed by atoms with van der Waals surface area (Å²) in [4.78, 5) is 23.6. The standard InChI is InChI=1S/C19H17F2NO3/c20-13-5-1-11(2-6-13)17(12-3-7-14(21)8-4-12)22-18(23)15-9-10-16(15)19(24)25/h1-8,15-17H,9-10H2,(H,22,23)(H,24,25). The molecule has 2 unspecified atom stereocenters. The minimum atomic E-state index is -0.980. The maximum absolute atomic E-state index is 13.2. The van der Waals surface area contributed by atoms with E-state index in [9.17, 15) is 18.4 Å². The number of aliphatic carboxylic acids is 1. The molecule has 1 saturated carbocycles. The van der Waals surface area contributed by atoms with Crippen molar-refractivity contribution in [3.05, 3.63) is 71.3 Å². The van der Waals surface area contributed by atoms with Gasteiger partial charge in [0.2, 0.25) is 5.91 Å². The summed E-state index contributed by atoms with van der Waals surface area (Å²) in [6, 6.07) is 10.7. The van der Waals surface area contributed by atoms with Crippen molar-refractivity contribution < 1.29 is 23.5 Å². The molecule has 1 aliphatic rings. The van der Waals surface area contributed by atoms with Crippen LogP contribution in [0.2, 0.25) is 0 Å². The first-order valence-electron chi connectivity index (χ1n) is 8.00. The third kappa shape index (κ3) is 3.68. The molecule has 2 aromatic rings. The lowest BCUT2D eigenvalue weighted by Crippen LogP contribution is -2.45. The van der Waals surface area contributed by atoms with Gasteiger partial charge in [-0.05, 0) is 48.2 Å². The maximum atomic E-state index is 13.2. The second kappa shape index (κ2) is 7.01. The Kier molecular flexibility index (Phi) is 4.79. The molecule has 2 aromatic carbocycles. The van der Waals surface area contributed by atoms with Gasteiger partial charge in [0.1, 0.15) is 11.6 Å². The van der Waals surface area contributed by atoms with Crippen LogP contribution in [0.15, 0.2) is 48.5 Å². The van der Waals surface area contributed by atoms with Crippen molar-refractivity contribution in [1.29, 1.82) is 0 Å². The molecule has 0 radical (unpaired) electrons. The molecule has 6 heteroatoms. The summed E-state index contributed by atoms with van der Waals surface area (Å²) < 4.78 is 26.4. The Hall–Kier alpha value is -2.76. The van der Waals surface area contributed by atoms with Gasteiger partial charge in [0.05, 0.1) is 17.9 Å². The van der Waals surface area contributed by atoms with Gasteiger partial charge in [0.15, 0.2) is 0 Å². The zero-order valence-corrected chi connectivity index (χ0v) is 13.3. The van der Waals surface area contributed by atoms with Crippen LogP contribution in [0.1, 0.15) is 30.0 Å². The van der Waals surface area contributed by atoms with Crippen molar-refractivity contribution in [2.45, 2.75) is 18.9 Å². The fourth-order valence-electron chi connectivity index (χ4n) is 3.03. The number of carboxylic acids is 1. The second-order valence-corrected chi connectivity index (χ2v) is 6.17. The van der Waals surface area contributed by atoms with Crippen LogP contribution in [-0.4, -0.2) is 17.0 Å². The molecule has 2 atom stereocenters. The average molecular weight is 345 g/mol. The summed E-state index contributed by atoms with van der Waals surface area (Å²) in [7, 11) is 0. The Bertz CT molecular complexity index is 729. The van der Waals surface area contributed by atoms with Gasteiger partial charge in [-0.25, -0.2) is 8.78 Å². The molecule has 130 valence electrons. The van der Waals surface area contributed by atoms with Crippen LogP contribution in [0.5, 0.6) is 0 Å². The van der Waals surface area contributed by atoms with Gasteiger partial charge in [0.25, 0.3) is 0 Å². The first-order chi connectivity index (χ1) is 12.0. The number of hydrogen-bond acceptors (Lipinski definition) is 2. The number of benzene rings is 2. The molecule has 3 rings (SSSR count). The molecule has 2 N–H and O–H groups in total. The van der Waals surface area contributed by atoms with Crippen molar-refractivity contribution in [2.75, 3.05) is 0 Å². The van der Waals surface area contributed by atoms with Gasteiger partial charge in [-0.1, -0.05) is 24.3 Å². The highest BCUT2D eigenvalue weighted by atomic mass is 19.1. The van der Waals surface area contributed by atoms with E-state index in [-0.39, 0.29) is 5.91 Å². The molecule has 0 bridgehead atoms. The number of halogens is 2. The van der Waals surface area contributed by atoms with E-state index in [0.29, 0.717) is 24.0 Å². The fourth-order valence-corrected chi connectivity index (χ4v) is 3.03. The summed E-state index contributed by atoms with van der Waals surface area (Å²) in [5, 5.41) is 11.9. The molecular weight excluding hydrogens is 328 g/mol. The Balaban J connectivity index is 1.86. The molecule has 1 aliphatic carbocycles. The summed E-state index contributed by atoms with van der Waals surface area (Å²) >= 11 is 0. The highest BCUT2D eigenvalue weighted by molar-refractivity contribution is 5.86. The quantitative estimate of drug-likeness (QED) is 0.874. The van der Waals surface area contributed by atoms with E-state index in [0.717, 1.165) is 0 Å². The third-order valence-corrected chi connectivity index (χ3v) is 4.62. The Labute approximate surface area is 143 Å². The highest BCUT2D eigenvalue weighted by Gasteiger charge is 2.42. The normalized spacial score (nSPS) is 19.3. The summed E-state index contributed by atoms with van der Waals surface area (Å²) in [5.41, 5.74) is 1.26. The van der Waals surface area contributed by atoms with E-state index >= 15 is 0 Å². The van der Waals surface area contributed by atoms with Gasteiger partial charge in [-0.3, -0.25) is 9.59 Å². The first-order valence-corrected chi connectivity index (χ1v) is 8.00. The topological polar surface area (TPSA) is 66.4 Å². The fraction of sp³-hybridized carbons (Fsp3) is 0.263. The SMILES string of the molecule is O=C(O)C1CCC1C(=O)NC(c1ccc(F)cc1)c1ccc(F)cc1. The number of nitrogens with one attached hydrogen (secondary N) is 1. The van der Waals surface area contributed by atoms with Gasteiger partial charge >= 0.3 is 5.97 Å². The number of carboxylic acid groups (broad SMARTS) is 1. The van der Waals surface area contributed by atoms with Crippen LogP contribution in [0.4, 0.5) is 8.78 Å². The molecule has 0 aromatic heterocycles. The lowest BCUT2D eigenvalue weighted by atomic mass is 9.73. The molecular formula is C19H17F2NO3. The van der Waals surface area contributed by atoms with Crippen molar-refractivity contribution in [3.8, 4) is 0 Å². The second-order valence-electron chi connectivity index (χ2n) is 6.17. The van der Waals surface area contributed by atoms with Gasteiger partial charge in [-0.2, -0.15) is 0 Å². The smallest absolute Gasteiger partial charge is 0.307 e. The molecule has 25 heavy (non-hydrogen) atoms. The van der Waals surface area contributed by atoms with Crippen LogP contribution in [0.25, 0.3) is 0 Å². The lowest BCUT2D eigenvalue weighted by Gasteiger charge is -2.33. The van der Waals surface area contributed by atoms with Crippen LogP contribution in [0.3, 0.4) is 0 Å². The minimum Gasteiger partial charge on any atom is -0.481 e. The predicted molar refractivity (Wildman–Crippen MR) is 86.6 cm³/mol. The minimum absolute atomic E-state index is 0.364. The van der Waals surface area contributed by atoms with E-state index < -0.39 is 35.5 Å². The van der Waals surface area contributed by atoms with E-state index in [2.05, 4.69) is 5.32 Å². The van der Waals surface area contributed by atoms with Crippen molar-refractivity contribution >= 4 is 11.9 Å². The first kappa shape index (κ1) is 17.1. The molecule has 1 fully saturated rings. The van der Waals surface area contributed by atoms with E-state index in [1.165, 1.54) is 24.3 Å². The Morgan fingerprint density at radius 2 is 1.32 bits per heavy atom. The molecule has 0 heterocycles. The number of carbonyl (C=O) groups is 2. The molecule has 0 aliphatic heterocycles.